The maximum Gasteiger partial charge on any atom is 0.200 e. The van der Waals surface area contributed by atoms with Crippen LogP contribution in [-0.2, 0) is 6.54 Å². The molecular formula is C10H12N4. The molecule has 0 bridgehead atoms. The summed E-state index contributed by atoms with van der Waals surface area (Å²) < 4.78 is 1.89. The molecule has 2 aromatic rings. The zero-order chi connectivity index (χ0) is 9.97. The summed E-state index contributed by atoms with van der Waals surface area (Å²) >= 11 is 0. The van der Waals surface area contributed by atoms with Gasteiger partial charge in [0, 0.05) is 24.8 Å². The molecule has 4 heteroatoms. The Kier molecular flexibility index (Phi) is 2.18. The Bertz CT molecular complexity index is 433. The summed E-state index contributed by atoms with van der Waals surface area (Å²) in [6.45, 7) is 2.79. The van der Waals surface area contributed by atoms with Gasteiger partial charge in [0.1, 0.15) is 0 Å². The molecule has 0 fully saturated rings. The van der Waals surface area contributed by atoms with Crippen LogP contribution in [0.2, 0.25) is 0 Å². The molecule has 0 spiro atoms. The Balaban J connectivity index is 2.28. The van der Waals surface area contributed by atoms with Crippen molar-refractivity contribution in [3.05, 3.63) is 42.0 Å². The molecule has 2 N–H and O–H groups in total. The van der Waals surface area contributed by atoms with Crippen molar-refractivity contribution in [3.63, 3.8) is 0 Å². The molecule has 0 aromatic carbocycles. The van der Waals surface area contributed by atoms with Gasteiger partial charge in [0.25, 0.3) is 0 Å². The second-order valence-electron chi connectivity index (χ2n) is 3.22. The lowest BCUT2D eigenvalue weighted by atomic mass is 10.1. The van der Waals surface area contributed by atoms with E-state index in [1.165, 1.54) is 5.56 Å². The number of aromatic nitrogens is 3. The molecule has 0 saturated heterocycles. The SMILES string of the molecule is Cc1ccncc1Cn1ccnc1N. The van der Waals surface area contributed by atoms with Crippen molar-refractivity contribution in [3.8, 4) is 0 Å². The number of anilines is 1. The first-order chi connectivity index (χ1) is 6.77. The lowest BCUT2D eigenvalue weighted by Gasteiger charge is -2.06. The van der Waals surface area contributed by atoms with E-state index in [2.05, 4.69) is 16.9 Å². The lowest BCUT2D eigenvalue weighted by Crippen LogP contribution is -2.05. The maximum atomic E-state index is 5.67. The molecule has 0 unspecified atom stereocenters. The van der Waals surface area contributed by atoms with E-state index in [4.69, 9.17) is 5.73 Å². The number of nitrogen functional groups attached to an aromatic ring is 1. The van der Waals surface area contributed by atoms with E-state index in [1.807, 2.05) is 23.0 Å². The fourth-order valence-corrected chi connectivity index (χ4v) is 1.32. The van der Waals surface area contributed by atoms with Crippen LogP contribution in [-0.4, -0.2) is 14.5 Å². The molecular weight excluding hydrogens is 176 g/mol. The Morgan fingerprint density at radius 1 is 1.43 bits per heavy atom. The maximum absolute atomic E-state index is 5.67. The summed E-state index contributed by atoms with van der Waals surface area (Å²) in [6, 6.07) is 1.99. The van der Waals surface area contributed by atoms with Crippen LogP contribution in [0.25, 0.3) is 0 Å². The molecule has 0 aliphatic heterocycles. The standard InChI is InChI=1S/C10H12N4/c1-8-2-3-12-6-9(8)7-14-5-4-13-10(14)11/h2-6H,7H2,1H3,(H2,11,13). The summed E-state index contributed by atoms with van der Waals surface area (Å²) in [4.78, 5) is 8.04. The number of hydrogen-bond acceptors (Lipinski definition) is 3. The van der Waals surface area contributed by atoms with Crippen LogP contribution in [0.5, 0.6) is 0 Å². The van der Waals surface area contributed by atoms with Gasteiger partial charge in [-0.1, -0.05) is 0 Å². The second kappa shape index (κ2) is 3.49. The molecule has 0 radical (unpaired) electrons. The quantitative estimate of drug-likeness (QED) is 0.770. The predicted molar refractivity (Wildman–Crippen MR) is 54.7 cm³/mol. The number of aryl methyl sites for hydroxylation is 1. The molecule has 4 nitrogen and oxygen atoms in total. The average molecular weight is 188 g/mol. The Morgan fingerprint density at radius 3 is 2.93 bits per heavy atom. The lowest BCUT2D eigenvalue weighted by molar-refractivity contribution is 0.800. The minimum Gasteiger partial charge on any atom is -0.369 e. The predicted octanol–water partition coefficient (Wildman–Crippen LogP) is 1.22. The minimum atomic E-state index is 0.535. The van der Waals surface area contributed by atoms with Gasteiger partial charge in [-0.25, -0.2) is 4.98 Å². The van der Waals surface area contributed by atoms with Crippen LogP contribution in [0.3, 0.4) is 0 Å². The summed E-state index contributed by atoms with van der Waals surface area (Å²) in [5.41, 5.74) is 8.05. The second-order valence-corrected chi connectivity index (χ2v) is 3.22. The number of imidazole rings is 1. The third kappa shape index (κ3) is 1.59. The van der Waals surface area contributed by atoms with Crippen LogP contribution < -0.4 is 5.73 Å². The average Bonchev–Trinajstić information content (AvgIpc) is 2.56. The normalized spacial score (nSPS) is 10.4. The van der Waals surface area contributed by atoms with Crippen LogP contribution >= 0.6 is 0 Å². The number of hydrogen-bond donors (Lipinski definition) is 1. The number of nitrogens with two attached hydrogens (primary N) is 1. The highest BCUT2D eigenvalue weighted by atomic mass is 15.1. The van der Waals surface area contributed by atoms with E-state index in [9.17, 15) is 0 Å². The van der Waals surface area contributed by atoms with Gasteiger partial charge >= 0.3 is 0 Å². The summed E-state index contributed by atoms with van der Waals surface area (Å²) in [5.74, 6) is 0.535. The van der Waals surface area contributed by atoms with Gasteiger partial charge < -0.3 is 10.3 Å². The van der Waals surface area contributed by atoms with Gasteiger partial charge in [-0.3, -0.25) is 4.98 Å². The van der Waals surface area contributed by atoms with E-state index >= 15 is 0 Å². The van der Waals surface area contributed by atoms with E-state index in [-0.39, 0.29) is 0 Å². The monoisotopic (exact) mass is 188 g/mol. The van der Waals surface area contributed by atoms with Crippen molar-refractivity contribution in [2.75, 3.05) is 5.73 Å². The Labute approximate surface area is 82.4 Å². The summed E-state index contributed by atoms with van der Waals surface area (Å²) in [7, 11) is 0. The summed E-state index contributed by atoms with van der Waals surface area (Å²) in [5, 5.41) is 0. The molecule has 2 aromatic heterocycles. The van der Waals surface area contributed by atoms with Gasteiger partial charge in [-0.05, 0) is 24.1 Å². The Hall–Kier alpha value is -1.84. The van der Waals surface area contributed by atoms with Gasteiger partial charge in [0.15, 0.2) is 5.95 Å². The van der Waals surface area contributed by atoms with E-state index < -0.39 is 0 Å². The number of nitrogens with zero attached hydrogens (tertiary/aromatic N) is 3. The molecule has 2 rings (SSSR count). The van der Waals surface area contributed by atoms with Crippen molar-refractivity contribution >= 4 is 5.95 Å². The molecule has 0 atom stereocenters. The van der Waals surface area contributed by atoms with E-state index in [0.717, 1.165) is 12.1 Å². The fraction of sp³-hybridized carbons (Fsp3) is 0.200. The number of pyridine rings is 1. The molecule has 2 heterocycles. The van der Waals surface area contributed by atoms with Crippen molar-refractivity contribution in [2.24, 2.45) is 0 Å². The van der Waals surface area contributed by atoms with Crippen LogP contribution in [0.1, 0.15) is 11.1 Å². The highest BCUT2D eigenvalue weighted by molar-refractivity contribution is 5.25. The van der Waals surface area contributed by atoms with Crippen molar-refractivity contribution in [1.82, 2.24) is 14.5 Å². The van der Waals surface area contributed by atoms with Crippen molar-refractivity contribution in [2.45, 2.75) is 13.5 Å². The zero-order valence-corrected chi connectivity index (χ0v) is 8.01. The van der Waals surface area contributed by atoms with Crippen LogP contribution in [0, 0.1) is 6.92 Å². The van der Waals surface area contributed by atoms with Gasteiger partial charge in [0.05, 0.1) is 6.54 Å². The van der Waals surface area contributed by atoms with Crippen LogP contribution in [0.15, 0.2) is 30.9 Å². The van der Waals surface area contributed by atoms with E-state index in [0.29, 0.717) is 5.95 Å². The molecule has 72 valence electrons. The first kappa shape index (κ1) is 8.74. The molecule has 14 heavy (non-hydrogen) atoms. The van der Waals surface area contributed by atoms with Crippen LogP contribution in [0.4, 0.5) is 5.95 Å². The third-order valence-electron chi connectivity index (χ3n) is 2.24. The topological polar surface area (TPSA) is 56.7 Å². The molecule has 0 aliphatic rings. The molecule has 0 aliphatic carbocycles. The largest absolute Gasteiger partial charge is 0.369 e. The summed E-state index contributed by atoms with van der Waals surface area (Å²) in [6.07, 6.45) is 7.20. The minimum absolute atomic E-state index is 0.535. The van der Waals surface area contributed by atoms with Gasteiger partial charge in [-0.2, -0.15) is 0 Å². The molecule has 0 saturated carbocycles. The van der Waals surface area contributed by atoms with Gasteiger partial charge in [0.2, 0.25) is 0 Å². The van der Waals surface area contributed by atoms with E-state index in [1.54, 1.807) is 12.4 Å². The first-order valence-electron chi connectivity index (χ1n) is 4.43. The molecule has 0 amide bonds. The fourth-order valence-electron chi connectivity index (χ4n) is 1.32. The first-order valence-corrected chi connectivity index (χ1v) is 4.43. The Morgan fingerprint density at radius 2 is 2.29 bits per heavy atom. The van der Waals surface area contributed by atoms with Crippen molar-refractivity contribution in [1.29, 1.82) is 0 Å². The third-order valence-corrected chi connectivity index (χ3v) is 2.24. The van der Waals surface area contributed by atoms with Gasteiger partial charge in [-0.15, -0.1) is 0 Å². The highest BCUT2D eigenvalue weighted by Gasteiger charge is 2.01. The zero-order valence-electron chi connectivity index (χ0n) is 8.01. The smallest absolute Gasteiger partial charge is 0.200 e. The highest BCUT2D eigenvalue weighted by Crippen LogP contribution is 2.09. The number of rotatable bonds is 2. The van der Waals surface area contributed by atoms with Crippen molar-refractivity contribution < 1.29 is 0 Å².